The molecule has 0 aliphatic rings. The zero-order valence-electron chi connectivity index (χ0n) is 10.6. The largest absolute Gasteiger partial charge is 0.469 e. The van der Waals surface area contributed by atoms with Gasteiger partial charge in [0.1, 0.15) is 5.76 Å². The number of hydrogen-bond acceptors (Lipinski definition) is 3. The Kier molecular flexibility index (Phi) is 4.58. The van der Waals surface area contributed by atoms with Gasteiger partial charge in [0, 0.05) is 25.2 Å². The highest BCUT2D eigenvalue weighted by molar-refractivity contribution is 5.89. The Balaban J connectivity index is 1.74. The van der Waals surface area contributed by atoms with Crippen LogP contribution in [0.4, 0.5) is 10.5 Å². The Bertz CT molecular complexity index is 506. The molecular formula is C14H17N3O2. The Morgan fingerprint density at radius 2 is 2.00 bits per heavy atom. The summed E-state index contributed by atoms with van der Waals surface area (Å²) in [6, 6.07) is 10.9. The van der Waals surface area contributed by atoms with Crippen LogP contribution in [0.5, 0.6) is 0 Å². The molecular weight excluding hydrogens is 242 g/mol. The number of benzene rings is 1. The minimum atomic E-state index is -0.230. The average molecular weight is 259 g/mol. The fraction of sp³-hybridized carbons (Fsp3) is 0.214. The second kappa shape index (κ2) is 6.61. The van der Waals surface area contributed by atoms with Crippen LogP contribution in [0.3, 0.4) is 0 Å². The summed E-state index contributed by atoms with van der Waals surface area (Å²) in [5, 5.41) is 5.52. The summed E-state index contributed by atoms with van der Waals surface area (Å²) in [5.41, 5.74) is 7.28. The molecule has 1 heterocycles. The van der Waals surface area contributed by atoms with Gasteiger partial charge in [-0.2, -0.15) is 0 Å². The smallest absolute Gasteiger partial charge is 0.319 e. The van der Waals surface area contributed by atoms with Crippen molar-refractivity contribution in [1.29, 1.82) is 0 Å². The topological polar surface area (TPSA) is 80.3 Å². The minimum Gasteiger partial charge on any atom is -0.469 e. The number of nitrogens with two attached hydrogens (primary N) is 1. The van der Waals surface area contributed by atoms with Crippen molar-refractivity contribution in [3.05, 3.63) is 54.0 Å². The van der Waals surface area contributed by atoms with Gasteiger partial charge in [-0.1, -0.05) is 12.1 Å². The number of anilines is 1. The van der Waals surface area contributed by atoms with E-state index in [0.717, 1.165) is 17.0 Å². The van der Waals surface area contributed by atoms with E-state index in [1.165, 1.54) is 0 Å². The predicted octanol–water partition coefficient (Wildman–Crippen LogP) is 2.10. The Labute approximate surface area is 111 Å². The van der Waals surface area contributed by atoms with Crippen LogP contribution in [0.15, 0.2) is 47.1 Å². The lowest BCUT2D eigenvalue weighted by atomic mass is 10.2. The lowest BCUT2D eigenvalue weighted by Gasteiger charge is -2.07. The zero-order chi connectivity index (χ0) is 13.5. The van der Waals surface area contributed by atoms with Crippen LogP contribution < -0.4 is 16.4 Å². The second-order valence-corrected chi connectivity index (χ2v) is 4.11. The van der Waals surface area contributed by atoms with E-state index in [4.69, 9.17) is 10.2 Å². The van der Waals surface area contributed by atoms with Crippen molar-refractivity contribution in [1.82, 2.24) is 5.32 Å². The minimum absolute atomic E-state index is 0.230. The molecule has 0 saturated carbocycles. The molecule has 100 valence electrons. The van der Waals surface area contributed by atoms with Crippen molar-refractivity contribution in [2.75, 3.05) is 11.9 Å². The number of carbonyl (C=O) groups excluding carboxylic acids is 1. The number of amides is 2. The van der Waals surface area contributed by atoms with Gasteiger partial charge in [-0.05, 0) is 29.8 Å². The summed E-state index contributed by atoms with van der Waals surface area (Å²) < 4.78 is 5.18. The van der Waals surface area contributed by atoms with Crippen LogP contribution in [-0.4, -0.2) is 12.6 Å². The van der Waals surface area contributed by atoms with Gasteiger partial charge < -0.3 is 20.8 Å². The number of rotatable bonds is 5. The molecule has 19 heavy (non-hydrogen) atoms. The maximum absolute atomic E-state index is 11.6. The van der Waals surface area contributed by atoms with E-state index in [-0.39, 0.29) is 6.03 Å². The molecule has 0 spiro atoms. The molecule has 1 aromatic heterocycles. The highest BCUT2D eigenvalue weighted by atomic mass is 16.3. The van der Waals surface area contributed by atoms with Crippen LogP contribution in [0.1, 0.15) is 11.3 Å². The van der Waals surface area contributed by atoms with E-state index in [0.29, 0.717) is 19.5 Å². The van der Waals surface area contributed by atoms with Crippen molar-refractivity contribution in [3.63, 3.8) is 0 Å². The monoisotopic (exact) mass is 259 g/mol. The van der Waals surface area contributed by atoms with Crippen molar-refractivity contribution in [3.8, 4) is 0 Å². The molecule has 0 bridgehead atoms. The van der Waals surface area contributed by atoms with Crippen LogP contribution in [0.25, 0.3) is 0 Å². The first-order valence-electron chi connectivity index (χ1n) is 6.14. The van der Waals surface area contributed by atoms with E-state index >= 15 is 0 Å². The summed E-state index contributed by atoms with van der Waals surface area (Å²) in [6.45, 7) is 1.02. The highest BCUT2D eigenvalue weighted by Crippen LogP contribution is 2.08. The molecule has 0 unspecified atom stereocenters. The number of hydrogen-bond donors (Lipinski definition) is 3. The maximum atomic E-state index is 11.6. The van der Waals surface area contributed by atoms with E-state index in [9.17, 15) is 4.79 Å². The van der Waals surface area contributed by atoms with Gasteiger partial charge >= 0.3 is 6.03 Å². The van der Waals surface area contributed by atoms with Gasteiger partial charge in [-0.15, -0.1) is 0 Å². The van der Waals surface area contributed by atoms with Crippen molar-refractivity contribution in [2.24, 2.45) is 5.73 Å². The van der Waals surface area contributed by atoms with Crippen molar-refractivity contribution in [2.45, 2.75) is 13.0 Å². The number of urea groups is 1. The fourth-order valence-electron chi connectivity index (χ4n) is 1.65. The predicted molar refractivity (Wildman–Crippen MR) is 73.8 cm³/mol. The molecule has 5 heteroatoms. The summed E-state index contributed by atoms with van der Waals surface area (Å²) >= 11 is 0. The van der Waals surface area contributed by atoms with Gasteiger partial charge in [0.25, 0.3) is 0 Å². The maximum Gasteiger partial charge on any atom is 0.319 e. The van der Waals surface area contributed by atoms with Gasteiger partial charge in [0.15, 0.2) is 0 Å². The molecule has 2 aromatic rings. The average Bonchev–Trinajstić information content (AvgIpc) is 2.93. The standard InChI is InChI=1S/C14H17N3O2/c15-10-11-3-5-12(6-4-11)17-14(18)16-8-7-13-2-1-9-19-13/h1-6,9H,7-8,10,15H2,(H2,16,17,18). The van der Waals surface area contributed by atoms with E-state index < -0.39 is 0 Å². The van der Waals surface area contributed by atoms with Gasteiger partial charge in [0.2, 0.25) is 0 Å². The SMILES string of the molecule is NCc1ccc(NC(=O)NCCc2ccco2)cc1. The molecule has 0 saturated heterocycles. The van der Waals surface area contributed by atoms with Crippen molar-refractivity contribution >= 4 is 11.7 Å². The van der Waals surface area contributed by atoms with E-state index in [2.05, 4.69) is 10.6 Å². The molecule has 0 radical (unpaired) electrons. The van der Waals surface area contributed by atoms with Gasteiger partial charge in [-0.3, -0.25) is 0 Å². The Morgan fingerprint density at radius 1 is 1.21 bits per heavy atom. The molecule has 2 amide bonds. The zero-order valence-corrected chi connectivity index (χ0v) is 10.6. The molecule has 5 nitrogen and oxygen atoms in total. The summed E-state index contributed by atoms with van der Waals surface area (Å²) in [5.74, 6) is 0.854. The summed E-state index contributed by atoms with van der Waals surface area (Å²) in [7, 11) is 0. The molecule has 0 atom stereocenters. The van der Waals surface area contributed by atoms with Crippen LogP contribution >= 0.6 is 0 Å². The highest BCUT2D eigenvalue weighted by Gasteiger charge is 2.02. The number of carbonyl (C=O) groups is 1. The lowest BCUT2D eigenvalue weighted by Crippen LogP contribution is -2.30. The first-order chi connectivity index (χ1) is 9.28. The third-order valence-electron chi connectivity index (χ3n) is 2.68. The third-order valence-corrected chi connectivity index (χ3v) is 2.68. The lowest BCUT2D eigenvalue weighted by molar-refractivity contribution is 0.252. The van der Waals surface area contributed by atoms with Crippen LogP contribution in [0.2, 0.25) is 0 Å². The molecule has 0 fully saturated rings. The normalized spacial score (nSPS) is 10.2. The molecule has 0 aliphatic carbocycles. The Hall–Kier alpha value is -2.27. The van der Waals surface area contributed by atoms with E-state index in [1.807, 2.05) is 36.4 Å². The fourth-order valence-corrected chi connectivity index (χ4v) is 1.65. The van der Waals surface area contributed by atoms with Crippen LogP contribution in [-0.2, 0) is 13.0 Å². The first kappa shape index (κ1) is 13.2. The molecule has 1 aromatic carbocycles. The van der Waals surface area contributed by atoms with E-state index in [1.54, 1.807) is 6.26 Å². The molecule has 4 N–H and O–H groups in total. The number of nitrogens with one attached hydrogen (secondary N) is 2. The van der Waals surface area contributed by atoms with Crippen LogP contribution in [0, 0.1) is 0 Å². The Morgan fingerprint density at radius 3 is 2.63 bits per heavy atom. The summed E-state index contributed by atoms with van der Waals surface area (Å²) in [6.07, 6.45) is 2.29. The van der Waals surface area contributed by atoms with Crippen molar-refractivity contribution < 1.29 is 9.21 Å². The summed E-state index contributed by atoms with van der Waals surface area (Å²) in [4.78, 5) is 11.6. The first-order valence-corrected chi connectivity index (χ1v) is 6.14. The molecule has 0 aliphatic heterocycles. The molecule has 2 rings (SSSR count). The number of furan rings is 1. The van der Waals surface area contributed by atoms with Gasteiger partial charge in [0.05, 0.1) is 6.26 Å². The van der Waals surface area contributed by atoms with Gasteiger partial charge in [-0.25, -0.2) is 4.79 Å². The third kappa shape index (κ3) is 4.15. The quantitative estimate of drug-likeness (QED) is 0.769. The second-order valence-electron chi connectivity index (χ2n) is 4.11.